The number of nitrogens with one attached hydrogen (secondary N) is 1. The molecule has 1 aromatic heterocycles. The van der Waals surface area contributed by atoms with E-state index in [0.29, 0.717) is 5.92 Å². The van der Waals surface area contributed by atoms with Crippen molar-refractivity contribution in [2.75, 3.05) is 6.54 Å². The highest BCUT2D eigenvalue weighted by Crippen LogP contribution is 2.35. The standard InChI is InChI=1S/C18H32N2S/c1-4-19-13-17-16(12-14(2)3)20-18(21-17)15-10-8-6-5-7-9-11-15/h14-15,19H,4-13H2,1-3H3. The molecule has 1 aliphatic rings. The molecule has 1 saturated carbocycles. The first kappa shape index (κ1) is 17.0. The Balaban J connectivity index is 2.11. The summed E-state index contributed by atoms with van der Waals surface area (Å²) in [7, 11) is 0. The fourth-order valence-corrected chi connectivity index (χ4v) is 4.44. The van der Waals surface area contributed by atoms with Gasteiger partial charge in [0.15, 0.2) is 0 Å². The van der Waals surface area contributed by atoms with Crippen molar-refractivity contribution in [3.63, 3.8) is 0 Å². The highest BCUT2D eigenvalue weighted by Gasteiger charge is 2.20. The molecule has 0 bridgehead atoms. The largest absolute Gasteiger partial charge is 0.312 e. The lowest BCUT2D eigenvalue weighted by atomic mass is 9.91. The molecule has 0 unspecified atom stereocenters. The Kier molecular flexibility index (Phi) is 7.18. The molecule has 1 aromatic rings. The van der Waals surface area contributed by atoms with Crippen LogP contribution in [0.25, 0.3) is 0 Å². The van der Waals surface area contributed by atoms with Gasteiger partial charge in [-0.1, -0.05) is 52.9 Å². The number of thiazole rings is 1. The van der Waals surface area contributed by atoms with Gasteiger partial charge < -0.3 is 5.32 Å². The zero-order chi connectivity index (χ0) is 15.1. The first-order valence-electron chi connectivity index (χ1n) is 8.89. The van der Waals surface area contributed by atoms with Gasteiger partial charge in [-0.25, -0.2) is 4.98 Å². The number of nitrogens with zero attached hydrogens (tertiary/aromatic N) is 1. The zero-order valence-corrected chi connectivity index (χ0v) is 14.9. The lowest BCUT2D eigenvalue weighted by Gasteiger charge is -2.17. The number of hydrogen-bond donors (Lipinski definition) is 1. The maximum absolute atomic E-state index is 5.08. The lowest BCUT2D eigenvalue weighted by Crippen LogP contribution is -2.12. The highest BCUT2D eigenvalue weighted by atomic mass is 32.1. The van der Waals surface area contributed by atoms with Gasteiger partial charge >= 0.3 is 0 Å². The van der Waals surface area contributed by atoms with Crippen LogP contribution in [0.5, 0.6) is 0 Å². The smallest absolute Gasteiger partial charge is 0.0962 e. The van der Waals surface area contributed by atoms with Crippen LogP contribution in [0.1, 0.15) is 87.2 Å². The summed E-state index contributed by atoms with van der Waals surface area (Å²) in [6.45, 7) is 8.82. The van der Waals surface area contributed by atoms with E-state index in [1.165, 1.54) is 60.5 Å². The highest BCUT2D eigenvalue weighted by molar-refractivity contribution is 7.11. The van der Waals surface area contributed by atoms with E-state index in [-0.39, 0.29) is 0 Å². The van der Waals surface area contributed by atoms with Crippen LogP contribution in [-0.2, 0) is 13.0 Å². The van der Waals surface area contributed by atoms with E-state index in [1.807, 2.05) is 11.3 Å². The first-order chi connectivity index (χ1) is 10.2. The Morgan fingerprint density at radius 2 is 1.81 bits per heavy atom. The third kappa shape index (κ3) is 5.37. The van der Waals surface area contributed by atoms with Crippen molar-refractivity contribution in [1.82, 2.24) is 10.3 Å². The van der Waals surface area contributed by atoms with E-state index < -0.39 is 0 Å². The first-order valence-corrected chi connectivity index (χ1v) is 9.71. The van der Waals surface area contributed by atoms with Gasteiger partial charge in [-0.3, -0.25) is 0 Å². The summed E-state index contributed by atoms with van der Waals surface area (Å²) in [5.74, 6) is 1.43. The van der Waals surface area contributed by atoms with Crippen molar-refractivity contribution in [1.29, 1.82) is 0 Å². The molecule has 1 fully saturated rings. The van der Waals surface area contributed by atoms with Crippen LogP contribution in [-0.4, -0.2) is 11.5 Å². The Morgan fingerprint density at radius 1 is 1.14 bits per heavy atom. The van der Waals surface area contributed by atoms with Gasteiger partial charge in [0.2, 0.25) is 0 Å². The Hall–Kier alpha value is -0.410. The van der Waals surface area contributed by atoms with Gasteiger partial charge in [-0.05, 0) is 31.7 Å². The van der Waals surface area contributed by atoms with Crippen molar-refractivity contribution in [3.8, 4) is 0 Å². The third-order valence-electron chi connectivity index (χ3n) is 4.39. The van der Waals surface area contributed by atoms with E-state index in [2.05, 4.69) is 26.1 Å². The molecule has 2 rings (SSSR count). The molecule has 120 valence electrons. The van der Waals surface area contributed by atoms with Gasteiger partial charge in [-0.2, -0.15) is 0 Å². The van der Waals surface area contributed by atoms with Crippen LogP contribution in [0.15, 0.2) is 0 Å². The van der Waals surface area contributed by atoms with Gasteiger partial charge in [0.25, 0.3) is 0 Å². The van der Waals surface area contributed by atoms with Crippen molar-refractivity contribution in [2.24, 2.45) is 5.92 Å². The Labute approximate surface area is 134 Å². The summed E-state index contributed by atoms with van der Waals surface area (Å²) in [6, 6.07) is 0. The number of rotatable bonds is 6. The second kappa shape index (κ2) is 8.89. The van der Waals surface area contributed by atoms with E-state index in [9.17, 15) is 0 Å². The van der Waals surface area contributed by atoms with Crippen LogP contribution < -0.4 is 5.32 Å². The van der Waals surface area contributed by atoms with Gasteiger partial charge in [-0.15, -0.1) is 11.3 Å². The van der Waals surface area contributed by atoms with Crippen molar-refractivity contribution >= 4 is 11.3 Å². The van der Waals surface area contributed by atoms with E-state index in [1.54, 1.807) is 0 Å². The quantitative estimate of drug-likeness (QED) is 0.773. The molecule has 1 N–H and O–H groups in total. The minimum absolute atomic E-state index is 0.692. The molecule has 0 spiro atoms. The Bertz CT molecular complexity index is 403. The SMILES string of the molecule is CCNCc1sc(C2CCCCCCC2)nc1CC(C)C. The third-order valence-corrected chi connectivity index (χ3v) is 5.65. The normalized spacial score (nSPS) is 17.9. The lowest BCUT2D eigenvalue weighted by molar-refractivity contribution is 0.453. The molecule has 0 aromatic carbocycles. The molecule has 1 aliphatic carbocycles. The van der Waals surface area contributed by atoms with Crippen LogP contribution in [0.2, 0.25) is 0 Å². The molecule has 0 radical (unpaired) electrons. The minimum Gasteiger partial charge on any atom is -0.312 e. The summed E-state index contributed by atoms with van der Waals surface area (Å²) in [5, 5.41) is 4.92. The van der Waals surface area contributed by atoms with E-state index in [4.69, 9.17) is 4.98 Å². The predicted molar refractivity (Wildman–Crippen MR) is 93.1 cm³/mol. The topological polar surface area (TPSA) is 24.9 Å². The average molecular weight is 309 g/mol. The predicted octanol–water partition coefficient (Wildman–Crippen LogP) is 5.28. The minimum atomic E-state index is 0.692. The van der Waals surface area contributed by atoms with Crippen molar-refractivity contribution in [3.05, 3.63) is 15.6 Å². The van der Waals surface area contributed by atoms with Crippen LogP contribution in [0.4, 0.5) is 0 Å². The molecule has 21 heavy (non-hydrogen) atoms. The molecule has 1 heterocycles. The summed E-state index contributed by atoms with van der Waals surface area (Å²) in [4.78, 5) is 6.57. The molecule has 3 heteroatoms. The summed E-state index contributed by atoms with van der Waals surface area (Å²) in [5.41, 5.74) is 1.37. The van der Waals surface area contributed by atoms with E-state index >= 15 is 0 Å². The molecule has 0 atom stereocenters. The zero-order valence-electron chi connectivity index (χ0n) is 14.1. The average Bonchev–Trinajstić information content (AvgIpc) is 2.78. The molecule has 2 nitrogen and oxygen atoms in total. The maximum Gasteiger partial charge on any atom is 0.0962 e. The van der Waals surface area contributed by atoms with E-state index in [0.717, 1.165) is 25.4 Å². The summed E-state index contributed by atoms with van der Waals surface area (Å²) >= 11 is 1.99. The molecular formula is C18H32N2S. The fourth-order valence-electron chi connectivity index (χ4n) is 3.20. The summed E-state index contributed by atoms with van der Waals surface area (Å²) in [6.07, 6.45) is 10.9. The van der Waals surface area contributed by atoms with Crippen LogP contribution in [0, 0.1) is 5.92 Å². The molecular weight excluding hydrogens is 276 g/mol. The second-order valence-electron chi connectivity index (χ2n) is 6.84. The summed E-state index contributed by atoms with van der Waals surface area (Å²) < 4.78 is 0. The van der Waals surface area contributed by atoms with Gasteiger partial charge in [0.05, 0.1) is 10.7 Å². The van der Waals surface area contributed by atoms with Crippen molar-refractivity contribution in [2.45, 2.75) is 84.6 Å². The van der Waals surface area contributed by atoms with Gasteiger partial charge in [0, 0.05) is 17.3 Å². The fraction of sp³-hybridized carbons (Fsp3) is 0.833. The van der Waals surface area contributed by atoms with Crippen molar-refractivity contribution < 1.29 is 0 Å². The second-order valence-corrected chi connectivity index (χ2v) is 7.96. The molecule has 0 aliphatic heterocycles. The molecule has 0 amide bonds. The monoisotopic (exact) mass is 308 g/mol. The van der Waals surface area contributed by atoms with Gasteiger partial charge in [0.1, 0.15) is 0 Å². The number of aromatic nitrogens is 1. The maximum atomic E-state index is 5.08. The molecule has 0 saturated heterocycles. The number of hydrogen-bond acceptors (Lipinski definition) is 3. The van der Waals surface area contributed by atoms with Crippen LogP contribution >= 0.6 is 11.3 Å². The Morgan fingerprint density at radius 3 is 2.43 bits per heavy atom. The van der Waals surface area contributed by atoms with Crippen LogP contribution in [0.3, 0.4) is 0 Å².